The number of amides is 2. The topological polar surface area (TPSA) is 101 Å². The Hall–Kier alpha value is -2.58. The van der Waals surface area contributed by atoms with E-state index in [-0.39, 0.29) is 35.1 Å². The van der Waals surface area contributed by atoms with Crippen molar-refractivity contribution in [1.82, 2.24) is 19.4 Å². The lowest BCUT2D eigenvalue weighted by atomic mass is 10.1. The zero-order valence-corrected chi connectivity index (χ0v) is 21.8. The van der Waals surface area contributed by atoms with Gasteiger partial charge in [-0.1, -0.05) is 23.7 Å². The second-order valence-electron chi connectivity index (χ2n) is 7.87. The van der Waals surface area contributed by atoms with Crippen LogP contribution in [0.4, 0.5) is 18.0 Å². The number of benzene rings is 2. The number of imide groups is 1. The molecular weight excluding hydrogens is 576 g/mol. The van der Waals surface area contributed by atoms with Crippen molar-refractivity contribution in [3.05, 3.63) is 69.2 Å². The highest BCUT2D eigenvalue weighted by Crippen LogP contribution is 2.35. The number of nitrogens with one attached hydrogen (secondary N) is 1. The summed E-state index contributed by atoms with van der Waals surface area (Å²) >= 11 is 11.8. The van der Waals surface area contributed by atoms with E-state index in [0.29, 0.717) is 28.2 Å². The van der Waals surface area contributed by atoms with Crippen molar-refractivity contribution in [2.24, 2.45) is 0 Å². The van der Waals surface area contributed by atoms with Crippen LogP contribution in [-0.4, -0.2) is 52.5 Å². The van der Waals surface area contributed by atoms with Gasteiger partial charge in [0.05, 0.1) is 28.7 Å². The van der Waals surface area contributed by atoms with Crippen molar-refractivity contribution in [2.75, 3.05) is 18.3 Å². The number of rotatable bonds is 8. The zero-order valence-electron chi connectivity index (χ0n) is 18.6. The largest absolute Gasteiger partial charge is 0.416 e. The van der Waals surface area contributed by atoms with Crippen LogP contribution in [0, 0.1) is 0 Å². The Balaban J connectivity index is 1.52. The van der Waals surface area contributed by atoms with Crippen LogP contribution in [0.15, 0.2) is 47.5 Å². The fourth-order valence-corrected chi connectivity index (χ4v) is 5.38. The SMILES string of the molecule is O=C1S/C(=C\c2ccc3c(cnn3Cc3ccc(Cl)cc3C(F)(F)F)c2)C(=O)N1CCNS(=O)(=O)CCl. The standard InChI is InChI=1S/C22H17Cl2F3N4O4S2/c23-12-37(34,35)29-5-6-30-20(32)19(36-21(30)33)8-13-1-4-18-15(7-13)10-28-31(18)11-14-2-3-16(24)9-17(14)22(25,26)27/h1-4,7-10,29H,5-6,11-12H2/b19-8-. The molecule has 1 aromatic heterocycles. The summed E-state index contributed by atoms with van der Waals surface area (Å²) in [6.07, 6.45) is -1.58. The maximum atomic E-state index is 13.5. The second kappa shape index (κ2) is 10.7. The Bertz CT molecular complexity index is 1520. The molecule has 0 bridgehead atoms. The average molecular weight is 593 g/mol. The van der Waals surface area contributed by atoms with Crippen LogP contribution < -0.4 is 4.72 Å². The van der Waals surface area contributed by atoms with E-state index in [1.807, 2.05) is 0 Å². The van der Waals surface area contributed by atoms with E-state index in [9.17, 15) is 31.2 Å². The molecule has 0 unspecified atom stereocenters. The quantitative estimate of drug-likeness (QED) is 0.294. The molecule has 1 fully saturated rings. The van der Waals surface area contributed by atoms with Crippen molar-refractivity contribution in [2.45, 2.75) is 12.7 Å². The van der Waals surface area contributed by atoms with Crippen LogP contribution in [0.25, 0.3) is 17.0 Å². The highest BCUT2D eigenvalue weighted by molar-refractivity contribution is 8.18. The number of nitrogens with zero attached hydrogens (tertiary/aromatic N) is 3. The molecule has 37 heavy (non-hydrogen) atoms. The molecule has 3 aromatic rings. The lowest BCUT2D eigenvalue weighted by Gasteiger charge is -2.14. The molecule has 0 aliphatic carbocycles. The third-order valence-corrected chi connectivity index (χ3v) is 8.27. The van der Waals surface area contributed by atoms with Crippen LogP contribution in [0.2, 0.25) is 5.02 Å². The van der Waals surface area contributed by atoms with Gasteiger partial charge in [0.25, 0.3) is 11.1 Å². The van der Waals surface area contributed by atoms with E-state index in [0.717, 1.165) is 11.0 Å². The molecule has 1 aliphatic rings. The van der Waals surface area contributed by atoms with Gasteiger partial charge in [-0.3, -0.25) is 19.2 Å². The number of hydrogen-bond donors (Lipinski definition) is 1. The number of fused-ring (bicyclic) bond motifs is 1. The predicted molar refractivity (Wildman–Crippen MR) is 136 cm³/mol. The maximum Gasteiger partial charge on any atom is 0.416 e. The van der Waals surface area contributed by atoms with Crippen LogP contribution >= 0.6 is 35.0 Å². The van der Waals surface area contributed by atoms with Crippen molar-refractivity contribution in [3.63, 3.8) is 0 Å². The Kier molecular flexibility index (Phi) is 7.91. The van der Waals surface area contributed by atoms with Crippen molar-refractivity contribution >= 4 is 73.1 Å². The van der Waals surface area contributed by atoms with Gasteiger partial charge in [0.1, 0.15) is 5.21 Å². The lowest BCUT2D eigenvalue weighted by Crippen LogP contribution is -2.37. The summed E-state index contributed by atoms with van der Waals surface area (Å²) < 4.78 is 66.8. The highest BCUT2D eigenvalue weighted by Gasteiger charge is 2.35. The smallest absolute Gasteiger partial charge is 0.268 e. The summed E-state index contributed by atoms with van der Waals surface area (Å²) in [5, 5.41) is 3.62. The predicted octanol–water partition coefficient (Wildman–Crippen LogP) is 4.91. The second-order valence-corrected chi connectivity index (χ2v) is 11.7. The molecule has 8 nitrogen and oxygen atoms in total. The average Bonchev–Trinajstić information content (AvgIpc) is 3.34. The number of alkyl halides is 4. The van der Waals surface area contributed by atoms with E-state index >= 15 is 0 Å². The first-order valence-electron chi connectivity index (χ1n) is 10.5. The fraction of sp³-hybridized carbons (Fsp3) is 0.227. The zero-order chi connectivity index (χ0) is 27.0. The molecule has 2 amide bonds. The van der Waals surface area contributed by atoms with Crippen LogP contribution in [-0.2, 0) is 27.5 Å². The first-order chi connectivity index (χ1) is 17.4. The van der Waals surface area contributed by atoms with Gasteiger partial charge >= 0.3 is 6.18 Å². The Morgan fingerprint density at radius 1 is 1.14 bits per heavy atom. The van der Waals surface area contributed by atoms with Gasteiger partial charge in [-0.2, -0.15) is 18.3 Å². The lowest BCUT2D eigenvalue weighted by molar-refractivity contribution is -0.138. The van der Waals surface area contributed by atoms with E-state index in [1.54, 1.807) is 18.2 Å². The molecular formula is C22H17Cl2F3N4O4S2. The molecule has 1 saturated heterocycles. The molecule has 0 spiro atoms. The molecule has 1 aliphatic heterocycles. The number of halogens is 5. The summed E-state index contributed by atoms with van der Waals surface area (Å²) in [5.41, 5.74) is 0.308. The van der Waals surface area contributed by atoms with E-state index in [1.165, 1.54) is 29.1 Å². The van der Waals surface area contributed by atoms with Crippen molar-refractivity contribution < 1.29 is 31.2 Å². The van der Waals surface area contributed by atoms with Gasteiger partial charge < -0.3 is 0 Å². The number of carbonyl (C=O) groups is 2. The molecule has 2 aromatic carbocycles. The van der Waals surface area contributed by atoms with Crippen molar-refractivity contribution in [3.8, 4) is 0 Å². The summed E-state index contributed by atoms with van der Waals surface area (Å²) in [4.78, 5) is 26.0. The van der Waals surface area contributed by atoms with Crippen molar-refractivity contribution in [1.29, 1.82) is 0 Å². The Labute approximate surface area is 223 Å². The van der Waals surface area contributed by atoms with Gasteiger partial charge in [-0.25, -0.2) is 13.1 Å². The third kappa shape index (κ3) is 6.29. The normalized spacial score (nSPS) is 15.9. The molecule has 2 heterocycles. The molecule has 196 valence electrons. The van der Waals surface area contributed by atoms with Crippen LogP contribution in [0.1, 0.15) is 16.7 Å². The Morgan fingerprint density at radius 3 is 2.59 bits per heavy atom. The maximum absolute atomic E-state index is 13.5. The third-order valence-electron chi connectivity index (χ3n) is 5.34. The van der Waals surface area contributed by atoms with Crippen LogP contribution in [0.3, 0.4) is 0 Å². The summed E-state index contributed by atoms with van der Waals surface area (Å²) in [7, 11) is -3.68. The first-order valence-corrected chi connectivity index (χ1v) is 13.9. The molecule has 0 radical (unpaired) electrons. The number of thioether (sulfide) groups is 1. The Morgan fingerprint density at radius 2 is 1.89 bits per heavy atom. The highest BCUT2D eigenvalue weighted by atomic mass is 35.5. The van der Waals surface area contributed by atoms with Gasteiger partial charge in [-0.05, 0) is 53.2 Å². The van der Waals surface area contributed by atoms with E-state index in [4.69, 9.17) is 23.2 Å². The first kappa shape index (κ1) is 27.5. The minimum absolute atomic E-state index is 0.00740. The minimum atomic E-state index is -4.58. The number of carbonyl (C=O) groups excluding carboxylic acids is 2. The summed E-state index contributed by atoms with van der Waals surface area (Å²) in [5.74, 6) is -0.571. The molecule has 15 heteroatoms. The van der Waals surface area contributed by atoms with Gasteiger partial charge in [0.2, 0.25) is 10.0 Å². The van der Waals surface area contributed by atoms with Gasteiger partial charge in [0.15, 0.2) is 0 Å². The van der Waals surface area contributed by atoms with E-state index in [2.05, 4.69) is 9.82 Å². The minimum Gasteiger partial charge on any atom is -0.268 e. The number of hydrogen-bond acceptors (Lipinski definition) is 6. The fourth-order valence-electron chi connectivity index (χ4n) is 3.63. The summed E-state index contributed by atoms with van der Waals surface area (Å²) in [6, 6.07) is 8.56. The molecule has 0 saturated carbocycles. The summed E-state index contributed by atoms with van der Waals surface area (Å²) in [6.45, 7) is -0.467. The van der Waals surface area contributed by atoms with Gasteiger partial charge in [0, 0.05) is 23.5 Å². The van der Waals surface area contributed by atoms with E-state index < -0.39 is 38.1 Å². The van der Waals surface area contributed by atoms with Gasteiger partial charge in [-0.15, -0.1) is 11.6 Å². The molecule has 1 N–H and O–H groups in total. The van der Waals surface area contributed by atoms with Crippen LogP contribution in [0.5, 0.6) is 0 Å². The number of aromatic nitrogens is 2. The molecule has 4 rings (SSSR count). The number of sulfonamides is 1. The molecule has 0 atom stereocenters. The monoisotopic (exact) mass is 592 g/mol.